The molecule has 0 atom stereocenters. The molecule has 8 heteroatoms. The van der Waals surface area contributed by atoms with Gasteiger partial charge in [-0.25, -0.2) is 18.3 Å². The fraction of sp³-hybridized carbons (Fsp3) is 0.500. The van der Waals surface area contributed by atoms with Gasteiger partial charge in [-0.1, -0.05) is 6.07 Å². The second kappa shape index (κ2) is 5.96. The Morgan fingerprint density at radius 2 is 2.14 bits per heavy atom. The molecular weight excluding hydrogens is 292 g/mol. The quantitative estimate of drug-likeness (QED) is 0.846. The van der Waals surface area contributed by atoms with E-state index in [2.05, 4.69) is 21.0 Å². The summed E-state index contributed by atoms with van der Waals surface area (Å²) in [7, 11) is 0. The number of aryl methyl sites for hydroxylation is 1. The predicted molar refractivity (Wildman–Crippen MR) is 75.6 cm³/mol. The van der Waals surface area contributed by atoms with Crippen LogP contribution >= 0.6 is 0 Å². The topological polar surface area (TPSA) is 56.0 Å². The third kappa shape index (κ3) is 3.06. The number of rotatable bonds is 4. The molecule has 118 valence electrons. The Morgan fingerprint density at radius 3 is 2.86 bits per heavy atom. The van der Waals surface area contributed by atoms with Gasteiger partial charge in [0, 0.05) is 32.0 Å². The van der Waals surface area contributed by atoms with E-state index >= 15 is 0 Å². The number of pyridine rings is 1. The molecule has 1 aliphatic rings. The summed E-state index contributed by atoms with van der Waals surface area (Å²) in [5.41, 5.74) is 1.72. The lowest BCUT2D eigenvalue weighted by molar-refractivity contribution is 0.120. The smallest absolute Gasteiger partial charge is 0.290 e. The summed E-state index contributed by atoms with van der Waals surface area (Å²) in [6.07, 6.45) is 1.03. The largest absolute Gasteiger partial charge is 0.346 e. The molecule has 22 heavy (non-hydrogen) atoms. The van der Waals surface area contributed by atoms with Crippen LogP contribution in [0, 0.1) is 6.92 Å². The molecule has 0 aromatic carbocycles. The van der Waals surface area contributed by atoms with E-state index in [1.54, 1.807) is 6.20 Å². The molecule has 0 radical (unpaired) electrons. The van der Waals surface area contributed by atoms with Gasteiger partial charge in [0.05, 0.1) is 6.54 Å². The maximum atomic E-state index is 12.4. The Labute approximate surface area is 126 Å². The summed E-state index contributed by atoms with van der Waals surface area (Å²) in [4.78, 5) is 18.3. The number of fused-ring (bicyclic) bond motifs is 1. The predicted octanol–water partition coefficient (Wildman–Crippen LogP) is 1.03. The van der Waals surface area contributed by atoms with Crippen molar-refractivity contribution in [2.24, 2.45) is 0 Å². The van der Waals surface area contributed by atoms with E-state index in [1.807, 2.05) is 13.1 Å². The zero-order valence-corrected chi connectivity index (χ0v) is 12.2. The van der Waals surface area contributed by atoms with Gasteiger partial charge in [-0.2, -0.15) is 5.10 Å². The van der Waals surface area contributed by atoms with Crippen LogP contribution in [0.25, 0.3) is 0 Å². The molecule has 2 aromatic rings. The van der Waals surface area contributed by atoms with Crippen LogP contribution in [0.4, 0.5) is 8.78 Å². The van der Waals surface area contributed by atoms with Gasteiger partial charge >= 0.3 is 5.69 Å². The minimum absolute atomic E-state index is 0.452. The molecule has 0 N–H and O–H groups in total. The summed E-state index contributed by atoms with van der Waals surface area (Å²) in [6, 6.07) is 2.06. The SMILES string of the molecule is Cc1cncc(CN2CCn3c(nn(CC(F)F)c3=O)C2)c1. The lowest BCUT2D eigenvalue weighted by Crippen LogP contribution is -2.37. The number of aromatic nitrogens is 4. The monoisotopic (exact) mass is 309 g/mol. The van der Waals surface area contributed by atoms with Gasteiger partial charge in [0.15, 0.2) is 0 Å². The summed E-state index contributed by atoms with van der Waals surface area (Å²) in [5, 5.41) is 4.03. The van der Waals surface area contributed by atoms with Crippen molar-refractivity contribution in [3.05, 3.63) is 45.9 Å². The van der Waals surface area contributed by atoms with Crippen LogP contribution < -0.4 is 5.69 Å². The Hall–Kier alpha value is -2.09. The average Bonchev–Trinajstić information content (AvgIpc) is 2.74. The van der Waals surface area contributed by atoms with Gasteiger partial charge in [-0.15, -0.1) is 0 Å². The maximum absolute atomic E-state index is 12.4. The van der Waals surface area contributed by atoms with Crippen LogP contribution in [0.1, 0.15) is 17.0 Å². The van der Waals surface area contributed by atoms with E-state index in [1.165, 1.54) is 4.57 Å². The van der Waals surface area contributed by atoms with E-state index in [0.717, 1.165) is 15.8 Å². The molecule has 3 heterocycles. The zero-order chi connectivity index (χ0) is 15.7. The first-order valence-corrected chi connectivity index (χ1v) is 7.10. The van der Waals surface area contributed by atoms with Gasteiger partial charge in [0.1, 0.15) is 12.4 Å². The first-order valence-electron chi connectivity index (χ1n) is 7.10. The third-order valence-corrected chi connectivity index (χ3v) is 3.65. The molecular formula is C14H17F2N5O. The van der Waals surface area contributed by atoms with Crippen LogP contribution in [-0.4, -0.2) is 37.2 Å². The van der Waals surface area contributed by atoms with Crippen molar-refractivity contribution in [3.8, 4) is 0 Å². The Bertz CT molecular complexity index is 724. The molecule has 0 bridgehead atoms. The van der Waals surface area contributed by atoms with E-state index in [4.69, 9.17) is 0 Å². The van der Waals surface area contributed by atoms with E-state index < -0.39 is 18.7 Å². The highest BCUT2D eigenvalue weighted by molar-refractivity contribution is 5.16. The van der Waals surface area contributed by atoms with Gasteiger partial charge in [-0.05, 0) is 18.1 Å². The standard InChI is InChI=1S/C14H17F2N5O/c1-10-4-11(6-17-5-10)7-19-2-3-20-13(9-19)18-21(14(20)22)8-12(15)16/h4-6,12H,2-3,7-9H2,1H3. The normalized spacial score (nSPS) is 15.3. The fourth-order valence-electron chi connectivity index (χ4n) is 2.69. The Morgan fingerprint density at radius 1 is 1.32 bits per heavy atom. The summed E-state index contributed by atoms with van der Waals surface area (Å²) in [5.74, 6) is 0.539. The second-order valence-electron chi connectivity index (χ2n) is 5.50. The molecule has 6 nitrogen and oxygen atoms in total. The fourth-order valence-corrected chi connectivity index (χ4v) is 2.69. The summed E-state index contributed by atoms with van der Waals surface area (Å²) in [6.45, 7) is 3.65. The first kappa shape index (κ1) is 14.8. The average molecular weight is 309 g/mol. The van der Waals surface area contributed by atoms with E-state index in [0.29, 0.717) is 32.0 Å². The number of alkyl halides is 2. The van der Waals surface area contributed by atoms with Gasteiger partial charge in [-0.3, -0.25) is 14.5 Å². The lowest BCUT2D eigenvalue weighted by atomic mass is 10.2. The van der Waals surface area contributed by atoms with Crippen molar-refractivity contribution >= 4 is 0 Å². The number of halogens is 2. The molecule has 1 aliphatic heterocycles. The summed E-state index contributed by atoms with van der Waals surface area (Å²) >= 11 is 0. The highest BCUT2D eigenvalue weighted by atomic mass is 19.3. The third-order valence-electron chi connectivity index (χ3n) is 3.65. The molecule has 0 saturated heterocycles. The van der Waals surface area contributed by atoms with Crippen LogP contribution in [-0.2, 0) is 26.2 Å². The molecule has 3 rings (SSSR count). The first-order chi connectivity index (χ1) is 10.5. The van der Waals surface area contributed by atoms with Crippen molar-refractivity contribution in [2.45, 2.75) is 39.5 Å². The van der Waals surface area contributed by atoms with Crippen molar-refractivity contribution in [3.63, 3.8) is 0 Å². The van der Waals surface area contributed by atoms with Crippen molar-refractivity contribution in [1.29, 1.82) is 0 Å². The lowest BCUT2D eigenvalue weighted by Gasteiger charge is -2.26. The molecule has 0 fully saturated rings. The van der Waals surface area contributed by atoms with Crippen LogP contribution in [0.15, 0.2) is 23.3 Å². The number of hydrogen-bond donors (Lipinski definition) is 0. The summed E-state index contributed by atoms with van der Waals surface area (Å²) < 4.78 is 27.2. The van der Waals surface area contributed by atoms with Crippen LogP contribution in [0.5, 0.6) is 0 Å². The van der Waals surface area contributed by atoms with E-state index in [-0.39, 0.29) is 0 Å². The minimum Gasteiger partial charge on any atom is -0.290 e. The molecule has 0 unspecified atom stereocenters. The number of hydrogen-bond acceptors (Lipinski definition) is 4. The highest BCUT2D eigenvalue weighted by Crippen LogP contribution is 2.13. The van der Waals surface area contributed by atoms with Crippen LogP contribution in [0.3, 0.4) is 0 Å². The van der Waals surface area contributed by atoms with Crippen molar-refractivity contribution < 1.29 is 8.78 Å². The van der Waals surface area contributed by atoms with Crippen molar-refractivity contribution in [2.75, 3.05) is 6.54 Å². The Kier molecular flexibility index (Phi) is 4.02. The van der Waals surface area contributed by atoms with Crippen LogP contribution in [0.2, 0.25) is 0 Å². The molecule has 0 aliphatic carbocycles. The van der Waals surface area contributed by atoms with E-state index in [9.17, 15) is 13.6 Å². The molecule has 0 amide bonds. The minimum atomic E-state index is -2.58. The molecule has 0 saturated carbocycles. The highest BCUT2D eigenvalue weighted by Gasteiger charge is 2.23. The zero-order valence-electron chi connectivity index (χ0n) is 12.2. The molecule has 0 spiro atoms. The van der Waals surface area contributed by atoms with Gasteiger partial charge in [0.2, 0.25) is 0 Å². The molecule has 2 aromatic heterocycles. The van der Waals surface area contributed by atoms with Crippen molar-refractivity contribution in [1.82, 2.24) is 24.2 Å². The Balaban J connectivity index is 1.75. The second-order valence-corrected chi connectivity index (χ2v) is 5.50. The number of nitrogens with zero attached hydrogens (tertiary/aromatic N) is 5. The van der Waals surface area contributed by atoms with Gasteiger partial charge in [0.25, 0.3) is 6.43 Å². The maximum Gasteiger partial charge on any atom is 0.346 e. The van der Waals surface area contributed by atoms with Gasteiger partial charge < -0.3 is 0 Å².